The van der Waals surface area contributed by atoms with E-state index < -0.39 is 101 Å². The summed E-state index contributed by atoms with van der Waals surface area (Å²) >= 11 is 17.5. The molecule has 0 radical (unpaired) electrons. The predicted octanol–water partition coefficient (Wildman–Crippen LogP) is 2.53. The van der Waals surface area contributed by atoms with Crippen molar-refractivity contribution in [3.8, 4) is 5.75 Å². The van der Waals surface area contributed by atoms with E-state index in [2.05, 4.69) is 132 Å². The molecule has 0 unspecified atom stereocenters. The van der Waals surface area contributed by atoms with E-state index in [1.807, 2.05) is 0 Å². The van der Waals surface area contributed by atoms with E-state index in [1.165, 1.54) is 29.6 Å². The fourth-order valence-corrected chi connectivity index (χ4v) is 11.6. The van der Waals surface area contributed by atoms with Crippen molar-refractivity contribution in [2.75, 3.05) is 26.7 Å². The van der Waals surface area contributed by atoms with E-state index in [4.69, 9.17) is 11.5 Å². The van der Waals surface area contributed by atoms with Crippen molar-refractivity contribution in [1.29, 1.82) is 0 Å². The van der Waals surface area contributed by atoms with Crippen LogP contribution in [-0.4, -0.2) is 147 Å². The average Bonchev–Trinajstić information content (AvgIpc) is 4.08. The molecule has 1 aliphatic rings. The van der Waals surface area contributed by atoms with Crippen LogP contribution in [0.3, 0.4) is 0 Å². The number of nitrogens with zero attached hydrogens (tertiary/aromatic N) is 3. The molecular formula is C48H64Br5N13O10. The summed E-state index contributed by atoms with van der Waals surface area (Å²) in [5, 5.41) is 39.3. The Morgan fingerprint density at radius 3 is 1.83 bits per heavy atom. The van der Waals surface area contributed by atoms with E-state index in [0.29, 0.717) is 52.0 Å². The molecule has 7 atom stereocenters. The summed E-state index contributed by atoms with van der Waals surface area (Å²) in [7, 11) is 1.56. The minimum atomic E-state index is -1.42. The molecule has 416 valence electrons. The van der Waals surface area contributed by atoms with Gasteiger partial charge in [-0.1, -0.05) is 39.8 Å². The number of hydrogen-bond acceptors (Lipinski definition) is 12. The lowest BCUT2D eigenvalue weighted by Crippen LogP contribution is -2.61. The molecule has 2 aromatic carbocycles. The molecule has 1 aliphatic heterocycles. The number of aromatic nitrogens is 2. The number of aromatic hydroxyl groups is 1. The van der Waals surface area contributed by atoms with Crippen molar-refractivity contribution < 1.29 is 48.6 Å². The smallest absolute Gasteiger partial charge is 0.326 e. The summed E-state index contributed by atoms with van der Waals surface area (Å²) in [5.74, 6) is -7.50. The second kappa shape index (κ2) is 30.1. The summed E-state index contributed by atoms with van der Waals surface area (Å²) in [6, 6.07) is -2.92. The number of carboxylic acids is 1. The first-order valence-corrected chi connectivity index (χ1v) is 28.1. The molecule has 3 aromatic rings. The highest BCUT2D eigenvalue weighted by atomic mass is 79.9. The number of phenols is 1. The number of likely N-dealkylation sites (N-methyl/N-ethyl adjacent to an activating group) is 1. The maximum atomic E-state index is 14.6. The van der Waals surface area contributed by atoms with Gasteiger partial charge in [-0.25, -0.2) is 9.78 Å². The van der Waals surface area contributed by atoms with E-state index in [0.717, 1.165) is 0 Å². The van der Waals surface area contributed by atoms with Gasteiger partial charge in [0.15, 0.2) is 5.96 Å². The van der Waals surface area contributed by atoms with E-state index in [1.54, 1.807) is 46.9 Å². The number of H-pyrrole nitrogens is 1. The second-order valence-electron chi connectivity index (χ2n) is 18.7. The number of aromatic amines is 1. The molecule has 0 saturated carbocycles. The number of rotatable bonds is 27. The summed E-state index contributed by atoms with van der Waals surface area (Å²) in [4.78, 5) is 123. The van der Waals surface area contributed by atoms with Crippen LogP contribution in [0.15, 0.2) is 64.1 Å². The highest BCUT2D eigenvalue weighted by Gasteiger charge is 2.41. The van der Waals surface area contributed by atoms with Crippen LogP contribution in [-0.2, 0) is 57.6 Å². The Kier molecular flexibility index (Phi) is 25.1. The van der Waals surface area contributed by atoms with Crippen molar-refractivity contribution in [2.24, 2.45) is 28.3 Å². The Labute approximate surface area is 481 Å². The number of aliphatic carboxylic acids is 1. The van der Waals surface area contributed by atoms with E-state index >= 15 is 0 Å². The first kappa shape index (κ1) is 63.4. The third-order valence-corrected chi connectivity index (χ3v) is 18.5. The fourth-order valence-electron chi connectivity index (χ4n) is 8.18. The van der Waals surface area contributed by atoms with Crippen molar-refractivity contribution >= 4 is 133 Å². The zero-order valence-corrected chi connectivity index (χ0v) is 50.2. The Bertz CT molecular complexity index is 2560. The molecule has 23 nitrogen and oxygen atoms in total. The van der Waals surface area contributed by atoms with Gasteiger partial charge in [-0.3, -0.25) is 38.6 Å². The highest BCUT2D eigenvalue weighted by molar-refractivity contribution is 9.15. The molecule has 1 fully saturated rings. The Balaban J connectivity index is 1.58. The monoisotopic (exact) mass is 1380 g/mol. The number of nitrogens with two attached hydrogens (primary N) is 2. The highest BCUT2D eigenvalue weighted by Crippen LogP contribution is 2.45. The first-order chi connectivity index (χ1) is 35.8. The number of phenolic OH excluding ortho intramolecular Hbond substituents is 1. The van der Waals surface area contributed by atoms with Crippen LogP contribution in [0.5, 0.6) is 5.75 Å². The molecule has 1 aromatic heterocycles. The number of aliphatic imine (C=N–C) groups is 1. The predicted molar refractivity (Wildman–Crippen MR) is 300 cm³/mol. The average molecular weight is 1380 g/mol. The third-order valence-electron chi connectivity index (χ3n) is 12.2. The number of carboxylic acid groups (broad SMARTS) is 1. The number of carbonyl (C=O) groups is 8. The Morgan fingerprint density at radius 2 is 1.30 bits per heavy atom. The summed E-state index contributed by atoms with van der Waals surface area (Å²) in [6.07, 6.45) is 3.48. The molecule has 14 N–H and O–H groups in total. The Hall–Kier alpha value is -5.16. The number of benzene rings is 2. The summed E-state index contributed by atoms with van der Waals surface area (Å²) in [6.45, 7) is 6.88. The van der Waals surface area contributed by atoms with Gasteiger partial charge < -0.3 is 68.8 Å². The molecule has 7 amide bonds. The van der Waals surface area contributed by atoms with Crippen LogP contribution < -0.4 is 48.7 Å². The lowest BCUT2D eigenvalue weighted by molar-refractivity contribution is -0.145. The normalized spacial score (nSPS) is 15.6. The molecule has 4 rings (SSSR count). The number of amides is 7. The van der Waals surface area contributed by atoms with Gasteiger partial charge >= 0.3 is 5.97 Å². The SMILES string of the molecule is CNCC(=O)N[C@@H](CCCN=C(N)N)C(=O)N[C@H](C(=O)N[C@@H](Cc1ccc(O)cc1)C(=O)N[C@H](C(=O)N[C@@H](Cc1cnc[nH]1)C(=O)N1CCC[C@H]1C(=O)N[C@@H](Cc1c(Br)c(Br)c(Br)c(Br)c1Br)C(=O)O)C(C)C)C(C)C. The first-order valence-electron chi connectivity index (χ1n) is 24.1. The topological polar surface area (TPSA) is 358 Å². The molecule has 1 saturated heterocycles. The van der Waals surface area contributed by atoms with Crippen LogP contribution >= 0.6 is 79.6 Å². The Morgan fingerprint density at radius 1 is 0.737 bits per heavy atom. The van der Waals surface area contributed by atoms with Gasteiger partial charge in [0, 0.05) is 66.6 Å². The van der Waals surface area contributed by atoms with Crippen LogP contribution in [0, 0.1) is 11.8 Å². The molecule has 0 bridgehead atoms. The van der Waals surface area contributed by atoms with Crippen LogP contribution in [0.1, 0.15) is 70.2 Å². The standard InChI is InChI=1S/C48H64Br5N13O10/c1-22(2)39(64-41(69)28(60-33(68)20-56-5)8-6-14-58-48(54)55)44(72)61-29(16-24-10-12-26(67)13-11-24)42(70)65-40(23(3)4)45(73)62-30(17-25-19-57-21-59-25)46(74)66-15-7-9-32(66)43(71)63-31(47(75)76)18-27-34(49)36(51)38(53)37(52)35(27)50/h10-13,19,21-23,28-32,39-40,56,67H,6-9,14-18,20H2,1-5H3,(H,57,59)(H,60,68)(H,61,72)(H,62,73)(H,63,71)(H,64,69)(H,65,70)(H,75,76)(H4,54,55,58)/t28-,29-,30-,31-,32-,39-,40-/m0/s1. The molecule has 76 heavy (non-hydrogen) atoms. The van der Waals surface area contributed by atoms with Gasteiger partial charge in [-0.05, 0) is 147 Å². The van der Waals surface area contributed by atoms with Crippen molar-refractivity contribution in [1.82, 2.24) is 52.1 Å². The quantitative estimate of drug-likeness (QED) is 0.0172. The van der Waals surface area contributed by atoms with Crippen molar-refractivity contribution in [3.05, 3.63) is 76.0 Å². The van der Waals surface area contributed by atoms with Gasteiger partial charge in [0.05, 0.1) is 12.9 Å². The van der Waals surface area contributed by atoms with Crippen LogP contribution in [0.25, 0.3) is 0 Å². The minimum absolute atomic E-state index is 0.0484. The van der Waals surface area contributed by atoms with Crippen LogP contribution in [0.4, 0.5) is 0 Å². The number of nitrogens with one attached hydrogen (secondary N) is 8. The summed E-state index contributed by atoms with van der Waals surface area (Å²) < 4.78 is 2.98. The molecule has 2 heterocycles. The number of halogens is 5. The van der Waals surface area contributed by atoms with E-state index in [9.17, 15) is 48.6 Å². The number of hydrogen-bond donors (Lipinski definition) is 12. The zero-order chi connectivity index (χ0) is 56.6. The summed E-state index contributed by atoms with van der Waals surface area (Å²) in [5.41, 5.74) is 12.4. The van der Waals surface area contributed by atoms with Gasteiger partial charge in [-0.15, -0.1) is 0 Å². The largest absolute Gasteiger partial charge is 0.508 e. The maximum absolute atomic E-state index is 14.6. The lowest BCUT2D eigenvalue weighted by atomic mass is 9.98. The third kappa shape index (κ3) is 18.2. The molecule has 0 spiro atoms. The second-order valence-corrected chi connectivity index (χ2v) is 22.6. The number of imidazole rings is 1. The number of likely N-dealkylation sites (tertiary alicyclic amines) is 1. The fraction of sp³-hybridized carbons (Fsp3) is 0.500. The molecular weight excluding hydrogens is 1320 g/mol. The van der Waals surface area contributed by atoms with Crippen LogP contribution in [0.2, 0.25) is 0 Å². The lowest BCUT2D eigenvalue weighted by Gasteiger charge is -2.31. The van der Waals surface area contributed by atoms with Gasteiger partial charge in [0.1, 0.15) is 48.0 Å². The number of carbonyl (C=O) groups excluding carboxylic acids is 7. The zero-order valence-electron chi connectivity index (χ0n) is 42.3. The minimum Gasteiger partial charge on any atom is -0.508 e. The van der Waals surface area contributed by atoms with Crippen molar-refractivity contribution in [2.45, 2.75) is 115 Å². The molecule has 0 aliphatic carbocycles. The van der Waals surface area contributed by atoms with Crippen molar-refractivity contribution in [3.63, 3.8) is 0 Å². The molecule has 28 heteroatoms. The van der Waals surface area contributed by atoms with Gasteiger partial charge in [0.2, 0.25) is 41.4 Å². The number of guanidine groups is 1. The van der Waals surface area contributed by atoms with E-state index in [-0.39, 0.29) is 63.4 Å². The maximum Gasteiger partial charge on any atom is 0.326 e. The van der Waals surface area contributed by atoms with Gasteiger partial charge in [-0.2, -0.15) is 0 Å². The van der Waals surface area contributed by atoms with Gasteiger partial charge in [0.25, 0.3) is 0 Å².